The Hall–Kier alpha value is -3.01. The largest absolute Gasteiger partial charge is 0.500 e. The van der Waals surface area contributed by atoms with E-state index in [4.69, 9.17) is 4.74 Å². The van der Waals surface area contributed by atoms with Crippen molar-refractivity contribution in [2.45, 2.75) is 0 Å². The summed E-state index contributed by atoms with van der Waals surface area (Å²) in [7, 11) is 1.22. The summed E-state index contributed by atoms with van der Waals surface area (Å²) in [6, 6.07) is 2.27. The van der Waals surface area contributed by atoms with Gasteiger partial charge in [0.05, 0.1) is 12.0 Å². The zero-order valence-corrected chi connectivity index (χ0v) is 11.9. The first kappa shape index (κ1) is 15.4. The Labute approximate surface area is 128 Å². The fourth-order valence-electron chi connectivity index (χ4n) is 1.76. The maximum absolute atomic E-state index is 11.7. The molecule has 1 saturated heterocycles. The van der Waals surface area contributed by atoms with Crippen molar-refractivity contribution in [2.24, 2.45) is 0 Å². The number of carbonyl (C=O) groups excluding carboxylic acids is 2. The molecule has 2 rings (SSSR count). The standard InChI is InChI=1S/C12H9N3O6S/c1-21-8-4-5(3-7(9(8)16)15(19)20)2-6-10(17)13-12(22)14-11(6)18/h2-4,16H,1H3,(H2,13,14,17,18,22). The van der Waals surface area contributed by atoms with Gasteiger partial charge >= 0.3 is 5.69 Å². The lowest BCUT2D eigenvalue weighted by molar-refractivity contribution is -0.386. The summed E-state index contributed by atoms with van der Waals surface area (Å²) in [5.74, 6) is -2.27. The number of nitro benzene ring substituents is 1. The third-order valence-electron chi connectivity index (χ3n) is 2.75. The lowest BCUT2D eigenvalue weighted by Crippen LogP contribution is -2.51. The molecule has 0 atom stereocenters. The highest BCUT2D eigenvalue weighted by molar-refractivity contribution is 7.80. The van der Waals surface area contributed by atoms with Crippen molar-refractivity contribution in [3.05, 3.63) is 33.4 Å². The van der Waals surface area contributed by atoms with Crippen LogP contribution in [-0.4, -0.2) is 34.1 Å². The Kier molecular flexibility index (Phi) is 4.04. The number of rotatable bonds is 3. The Balaban J connectivity index is 2.53. The molecular weight excluding hydrogens is 314 g/mol. The van der Waals surface area contributed by atoms with E-state index < -0.39 is 28.2 Å². The molecule has 3 N–H and O–H groups in total. The maximum Gasteiger partial charge on any atom is 0.315 e. The zero-order chi connectivity index (χ0) is 16.4. The Morgan fingerprint density at radius 2 is 1.91 bits per heavy atom. The van der Waals surface area contributed by atoms with Crippen LogP contribution in [0.2, 0.25) is 0 Å². The van der Waals surface area contributed by atoms with Gasteiger partial charge in [0.15, 0.2) is 10.9 Å². The highest BCUT2D eigenvalue weighted by atomic mass is 32.1. The van der Waals surface area contributed by atoms with Gasteiger partial charge in [-0.05, 0) is 29.9 Å². The van der Waals surface area contributed by atoms with Gasteiger partial charge in [0, 0.05) is 6.07 Å². The third kappa shape index (κ3) is 2.86. The molecule has 9 nitrogen and oxygen atoms in total. The zero-order valence-electron chi connectivity index (χ0n) is 11.1. The molecule has 2 amide bonds. The summed E-state index contributed by atoms with van der Waals surface area (Å²) in [4.78, 5) is 33.5. The molecule has 0 radical (unpaired) electrons. The molecule has 1 fully saturated rings. The van der Waals surface area contributed by atoms with E-state index in [1.54, 1.807) is 0 Å². The minimum Gasteiger partial charge on any atom is -0.500 e. The number of phenols is 1. The van der Waals surface area contributed by atoms with Crippen molar-refractivity contribution in [2.75, 3.05) is 7.11 Å². The lowest BCUT2D eigenvalue weighted by atomic mass is 10.1. The number of hydrogen-bond acceptors (Lipinski definition) is 7. The predicted molar refractivity (Wildman–Crippen MR) is 78.2 cm³/mol. The van der Waals surface area contributed by atoms with E-state index in [9.17, 15) is 24.8 Å². The average Bonchev–Trinajstić information content (AvgIpc) is 2.43. The second-order valence-corrected chi connectivity index (χ2v) is 4.55. The fraction of sp³-hybridized carbons (Fsp3) is 0.0833. The van der Waals surface area contributed by atoms with Crippen LogP contribution >= 0.6 is 12.2 Å². The SMILES string of the molecule is COc1cc(C=C2C(=O)NC(=S)NC2=O)cc([N+](=O)[O-])c1O. The number of ether oxygens (including phenoxy) is 1. The Morgan fingerprint density at radius 1 is 1.32 bits per heavy atom. The number of nitrogens with zero attached hydrogens (tertiary/aromatic N) is 1. The van der Waals surface area contributed by atoms with Crippen LogP contribution in [0.4, 0.5) is 5.69 Å². The van der Waals surface area contributed by atoms with Gasteiger partial charge in [-0.15, -0.1) is 0 Å². The van der Waals surface area contributed by atoms with E-state index in [0.717, 1.165) is 12.1 Å². The summed E-state index contributed by atoms with van der Waals surface area (Å²) >= 11 is 4.66. The van der Waals surface area contributed by atoms with E-state index in [-0.39, 0.29) is 22.0 Å². The predicted octanol–water partition coefficient (Wildman–Crippen LogP) is 0.223. The van der Waals surface area contributed by atoms with Gasteiger partial charge in [-0.3, -0.25) is 30.3 Å². The smallest absolute Gasteiger partial charge is 0.315 e. The number of phenolic OH excluding ortho intramolecular Hbond substituents is 1. The topological polar surface area (TPSA) is 131 Å². The number of amides is 2. The molecule has 0 unspecified atom stereocenters. The van der Waals surface area contributed by atoms with Gasteiger partial charge in [-0.25, -0.2) is 0 Å². The molecule has 0 saturated carbocycles. The average molecular weight is 323 g/mol. The highest BCUT2D eigenvalue weighted by Gasteiger charge is 2.26. The Bertz CT molecular complexity index is 721. The number of aromatic hydroxyl groups is 1. The first-order valence-corrected chi connectivity index (χ1v) is 6.18. The Morgan fingerprint density at radius 3 is 2.41 bits per heavy atom. The number of nitrogens with one attached hydrogen (secondary N) is 2. The van der Waals surface area contributed by atoms with Crippen molar-refractivity contribution in [1.29, 1.82) is 0 Å². The summed E-state index contributed by atoms with van der Waals surface area (Å²) in [6.45, 7) is 0. The molecule has 22 heavy (non-hydrogen) atoms. The van der Waals surface area contributed by atoms with Crippen LogP contribution in [-0.2, 0) is 9.59 Å². The number of carbonyl (C=O) groups is 2. The number of thiocarbonyl (C=S) groups is 1. The molecule has 0 aromatic heterocycles. The molecule has 1 aliphatic rings. The summed E-state index contributed by atoms with van der Waals surface area (Å²) in [5, 5.41) is 24.9. The minimum atomic E-state index is -0.810. The molecular formula is C12H9N3O6S. The van der Waals surface area contributed by atoms with Crippen molar-refractivity contribution < 1.29 is 24.4 Å². The molecule has 0 bridgehead atoms. The molecule has 0 aliphatic carbocycles. The minimum absolute atomic E-state index is 0.124. The molecule has 1 heterocycles. The molecule has 1 aliphatic heterocycles. The van der Waals surface area contributed by atoms with E-state index in [0.29, 0.717) is 0 Å². The summed E-state index contributed by atoms with van der Waals surface area (Å²) in [6.07, 6.45) is 1.13. The second-order valence-electron chi connectivity index (χ2n) is 4.14. The fourth-order valence-corrected chi connectivity index (χ4v) is 1.95. The normalized spacial score (nSPS) is 14.2. The van der Waals surface area contributed by atoms with Crippen molar-refractivity contribution in [3.8, 4) is 11.5 Å². The van der Waals surface area contributed by atoms with Crippen LogP contribution in [0.5, 0.6) is 11.5 Å². The molecule has 1 aromatic carbocycles. The first-order valence-electron chi connectivity index (χ1n) is 5.77. The van der Waals surface area contributed by atoms with Crippen molar-refractivity contribution >= 4 is 40.9 Å². The summed E-state index contributed by atoms with van der Waals surface area (Å²) < 4.78 is 4.83. The van der Waals surface area contributed by atoms with Crippen molar-refractivity contribution in [3.63, 3.8) is 0 Å². The van der Waals surface area contributed by atoms with Crippen LogP contribution in [0.3, 0.4) is 0 Å². The van der Waals surface area contributed by atoms with E-state index in [2.05, 4.69) is 22.9 Å². The van der Waals surface area contributed by atoms with E-state index in [1.807, 2.05) is 0 Å². The maximum atomic E-state index is 11.7. The van der Waals surface area contributed by atoms with Crippen LogP contribution in [0.25, 0.3) is 6.08 Å². The molecule has 0 spiro atoms. The monoisotopic (exact) mass is 323 g/mol. The van der Waals surface area contributed by atoms with Crippen molar-refractivity contribution in [1.82, 2.24) is 10.6 Å². The van der Waals surface area contributed by atoms with Gasteiger partial charge in [0.2, 0.25) is 5.75 Å². The van der Waals surface area contributed by atoms with E-state index >= 15 is 0 Å². The van der Waals surface area contributed by atoms with Crippen LogP contribution in [0.15, 0.2) is 17.7 Å². The lowest BCUT2D eigenvalue weighted by Gasteiger charge is -2.16. The van der Waals surface area contributed by atoms with Gasteiger partial charge in [0.1, 0.15) is 5.57 Å². The summed E-state index contributed by atoms with van der Waals surface area (Å²) in [5.41, 5.74) is -0.761. The number of nitro groups is 1. The first-order chi connectivity index (χ1) is 10.3. The van der Waals surface area contributed by atoms with Crippen LogP contribution < -0.4 is 15.4 Å². The number of methoxy groups -OCH3 is 1. The quantitative estimate of drug-likeness (QED) is 0.238. The molecule has 1 aromatic rings. The van der Waals surface area contributed by atoms with Gasteiger partial charge in [-0.2, -0.15) is 0 Å². The highest BCUT2D eigenvalue weighted by Crippen LogP contribution is 2.37. The van der Waals surface area contributed by atoms with E-state index in [1.165, 1.54) is 13.2 Å². The second kappa shape index (κ2) is 5.77. The van der Waals surface area contributed by atoms with Gasteiger partial charge in [0.25, 0.3) is 11.8 Å². The van der Waals surface area contributed by atoms with Gasteiger partial charge in [-0.1, -0.05) is 0 Å². The molecule has 114 valence electrons. The van der Waals surface area contributed by atoms with Gasteiger partial charge < -0.3 is 9.84 Å². The number of hydrogen-bond donors (Lipinski definition) is 3. The molecule has 10 heteroatoms. The number of benzene rings is 1. The van der Waals surface area contributed by atoms with Crippen LogP contribution in [0.1, 0.15) is 5.56 Å². The third-order valence-corrected chi connectivity index (χ3v) is 2.95. The van der Waals surface area contributed by atoms with Crippen LogP contribution in [0, 0.1) is 10.1 Å².